The first kappa shape index (κ1) is 15.1. The van der Waals surface area contributed by atoms with Crippen molar-refractivity contribution in [3.05, 3.63) is 42.0 Å². The Morgan fingerprint density at radius 3 is 2.65 bits per heavy atom. The molecule has 1 heterocycles. The molecule has 0 aliphatic rings. The molecule has 7 heteroatoms. The number of nitrogens with one attached hydrogen (secondary N) is 1. The van der Waals surface area contributed by atoms with E-state index in [-0.39, 0.29) is 5.91 Å². The van der Waals surface area contributed by atoms with Crippen LogP contribution in [0.1, 0.15) is 10.4 Å². The second-order valence-corrected chi connectivity index (χ2v) is 5.80. The third-order valence-corrected chi connectivity index (χ3v) is 4.21. The van der Waals surface area contributed by atoms with Crippen LogP contribution in [0.3, 0.4) is 0 Å². The molecule has 0 aliphatic carbocycles. The molecule has 3 aromatic rings. The lowest BCUT2D eigenvalue weighted by molar-refractivity contribution is 0.102. The van der Waals surface area contributed by atoms with Crippen molar-refractivity contribution in [1.82, 2.24) is 4.98 Å². The summed E-state index contributed by atoms with van der Waals surface area (Å²) in [5.74, 6) is 0.801. The highest BCUT2D eigenvalue weighted by molar-refractivity contribution is 7.22. The van der Waals surface area contributed by atoms with Gasteiger partial charge in [0.1, 0.15) is 0 Å². The zero-order valence-corrected chi connectivity index (χ0v) is 13.4. The molecule has 0 saturated carbocycles. The van der Waals surface area contributed by atoms with Crippen molar-refractivity contribution in [3.8, 4) is 11.5 Å². The van der Waals surface area contributed by atoms with E-state index in [0.717, 1.165) is 10.2 Å². The second kappa shape index (κ2) is 6.13. The van der Waals surface area contributed by atoms with Crippen molar-refractivity contribution in [2.24, 2.45) is 0 Å². The molecule has 0 bridgehead atoms. The van der Waals surface area contributed by atoms with Crippen LogP contribution in [0.25, 0.3) is 10.2 Å². The Labute approximate surface area is 136 Å². The molecule has 3 N–H and O–H groups in total. The van der Waals surface area contributed by atoms with Gasteiger partial charge >= 0.3 is 0 Å². The second-order valence-electron chi connectivity index (χ2n) is 4.77. The van der Waals surface area contributed by atoms with Gasteiger partial charge in [-0.05, 0) is 36.4 Å². The molecule has 0 atom stereocenters. The van der Waals surface area contributed by atoms with Crippen LogP contribution in [-0.2, 0) is 0 Å². The van der Waals surface area contributed by atoms with E-state index in [9.17, 15) is 4.79 Å². The summed E-state index contributed by atoms with van der Waals surface area (Å²) in [7, 11) is 3.07. The lowest BCUT2D eigenvalue weighted by Crippen LogP contribution is -2.11. The molecule has 0 saturated heterocycles. The summed E-state index contributed by atoms with van der Waals surface area (Å²) >= 11 is 1.37. The standard InChI is InChI=1S/C16H15N3O3S/c1-21-12-6-3-9(7-13(12)22-2)15(20)19-16-18-11-5-4-10(17)8-14(11)23-16/h3-8H,17H2,1-2H3,(H,18,19,20). The fraction of sp³-hybridized carbons (Fsp3) is 0.125. The summed E-state index contributed by atoms with van der Waals surface area (Å²) in [5.41, 5.74) is 7.67. The van der Waals surface area contributed by atoms with Crippen LogP contribution < -0.4 is 20.5 Å². The molecule has 2 aromatic carbocycles. The van der Waals surface area contributed by atoms with Crippen molar-refractivity contribution in [2.45, 2.75) is 0 Å². The van der Waals surface area contributed by atoms with Gasteiger partial charge in [-0.25, -0.2) is 4.98 Å². The third-order valence-electron chi connectivity index (χ3n) is 3.28. The number of hydrogen-bond donors (Lipinski definition) is 2. The molecule has 1 amide bonds. The Morgan fingerprint density at radius 1 is 1.13 bits per heavy atom. The van der Waals surface area contributed by atoms with Gasteiger partial charge in [0.05, 0.1) is 24.4 Å². The molecule has 118 valence electrons. The van der Waals surface area contributed by atoms with Crippen molar-refractivity contribution in [1.29, 1.82) is 0 Å². The lowest BCUT2D eigenvalue weighted by atomic mass is 10.2. The summed E-state index contributed by atoms with van der Waals surface area (Å²) in [5, 5.41) is 3.31. The van der Waals surface area contributed by atoms with E-state index in [1.165, 1.54) is 18.4 Å². The molecular weight excluding hydrogens is 314 g/mol. The molecule has 3 rings (SSSR count). The Hall–Kier alpha value is -2.80. The number of carbonyl (C=O) groups is 1. The molecule has 0 spiro atoms. The molecular formula is C16H15N3O3S. The van der Waals surface area contributed by atoms with E-state index in [2.05, 4.69) is 10.3 Å². The molecule has 0 unspecified atom stereocenters. The number of nitrogens with zero attached hydrogens (tertiary/aromatic N) is 1. The molecule has 6 nitrogen and oxygen atoms in total. The highest BCUT2D eigenvalue weighted by atomic mass is 32.1. The average molecular weight is 329 g/mol. The summed E-state index contributed by atoms with van der Waals surface area (Å²) in [6.07, 6.45) is 0. The van der Waals surface area contributed by atoms with Gasteiger partial charge in [0.25, 0.3) is 5.91 Å². The van der Waals surface area contributed by atoms with Crippen molar-refractivity contribution >= 4 is 38.3 Å². The monoisotopic (exact) mass is 329 g/mol. The SMILES string of the molecule is COc1ccc(C(=O)Nc2nc3ccc(N)cc3s2)cc1OC. The van der Waals surface area contributed by atoms with Crippen molar-refractivity contribution < 1.29 is 14.3 Å². The number of hydrogen-bond acceptors (Lipinski definition) is 6. The number of fused-ring (bicyclic) bond motifs is 1. The van der Waals surface area contributed by atoms with E-state index >= 15 is 0 Å². The van der Waals surface area contributed by atoms with Gasteiger partial charge < -0.3 is 15.2 Å². The zero-order chi connectivity index (χ0) is 16.4. The summed E-state index contributed by atoms with van der Waals surface area (Å²) in [4.78, 5) is 16.7. The van der Waals surface area contributed by atoms with Gasteiger partial charge in [-0.15, -0.1) is 0 Å². The van der Waals surface area contributed by atoms with Crippen molar-refractivity contribution in [2.75, 3.05) is 25.3 Å². The highest BCUT2D eigenvalue weighted by Gasteiger charge is 2.13. The first-order chi connectivity index (χ1) is 11.1. The molecule has 0 fully saturated rings. The largest absolute Gasteiger partial charge is 0.493 e. The number of aromatic nitrogens is 1. The van der Waals surface area contributed by atoms with Gasteiger partial charge in [-0.2, -0.15) is 0 Å². The van der Waals surface area contributed by atoms with E-state index in [0.29, 0.717) is 27.9 Å². The minimum Gasteiger partial charge on any atom is -0.493 e. The molecule has 0 aliphatic heterocycles. The number of ether oxygens (including phenoxy) is 2. The number of benzene rings is 2. The van der Waals surface area contributed by atoms with Crippen LogP contribution >= 0.6 is 11.3 Å². The molecule has 1 aromatic heterocycles. The number of anilines is 2. The van der Waals surface area contributed by atoms with Crippen LogP contribution in [0, 0.1) is 0 Å². The number of rotatable bonds is 4. The van der Waals surface area contributed by atoms with E-state index in [1.807, 2.05) is 12.1 Å². The molecule has 23 heavy (non-hydrogen) atoms. The zero-order valence-electron chi connectivity index (χ0n) is 12.6. The smallest absolute Gasteiger partial charge is 0.257 e. The maximum Gasteiger partial charge on any atom is 0.257 e. The predicted octanol–water partition coefficient (Wildman–Crippen LogP) is 3.15. The lowest BCUT2D eigenvalue weighted by Gasteiger charge is -2.09. The predicted molar refractivity (Wildman–Crippen MR) is 91.5 cm³/mol. The minimum atomic E-state index is -0.266. The first-order valence-corrected chi connectivity index (χ1v) is 7.62. The number of carbonyl (C=O) groups excluding carboxylic acids is 1. The van der Waals surface area contributed by atoms with Gasteiger partial charge in [0, 0.05) is 11.3 Å². The van der Waals surface area contributed by atoms with Crippen LogP contribution in [0.5, 0.6) is 11.5 Å². The number of amides is 1. The normalized spacial score (nSPS) is 10.5. The maximum absolute atomic E-state index is 12.4. The van der Waals surface area contributed by atoms with E-state index in [1.54, 1.807) is 31.4 Å². The number of nitrogen functional groups attached to an aromatic ring is 1. The first-order valence-electron chi connectivity index (χ1n) is 6.80. The van der Waals surface area contributed by atoms with Crippen LogP contribution in [0.4, 0.5) is 10.8 Å². The topological polar surface area (TPSA) is 86.5 Å². The Balaban J connectivity index is 1.85. The van der Waals surface area contributed by atoms with Crippen LogP contribution in [-0.4, -0.2) is 25.1 Å². The Kier molecular flexibility index (Phi) is 4.03. The third kappa shape index (κ3) is 3.04. The summed E-state index contributed by atoms with van der Waals surface area (Å²) in [6.45, 7) is 0. The van der Waals surface area contributed by atoms with Crippen molar-refractivity contribution in [3.63, 3.8) is 0 Å². The number of nitrogens with two attached hydrogens (primary N) is 1. The van der Waals surface area contributed by atoms with Gasteiger partial charge in [0.2, 0.25) is 0 Å². The molecule has 0 radical (unpaired) electrons. The average Bonchev–Trinajstić information content (AvgIpc) is 2.95. The summed E-state index contributed by atoms with van der Waals surface area (Å²) < 4.78 is 11.3. The quantitative estimate of drug-likeness (QED) is 0.718. The van der Waals surface area contributed by atoms with Crippen LogP contribution in [0.2, 0.25) is 0 Å². The fourth-order valence-electron chi connectivity index (χ4n) is 2.14. The van der Waals surface area contributed by atoms with Crippen LogP contribution in [0.15, 0.2) is 36.4 Å². The highest BCUT2D eigenvalue weighted by Crippen LogP contribution is 2.30. The Morgan fingerprint density at radius 2 is 1.91 bits per heavy atom. The Bertz CT molecular complexity index is 876. The fourth-order valence-corrected chi connectivity index (χ4v) is 3.05. The minimum absolute atomic E-state index is 0.266. The van der Waals surface area contributed by atoms with E-state index in [4.69, 9.17) is 15.2 Å². The van der Waals surface area contributed by atoms with E-state index < -0.39 is 0 Å². The summed E-state index contributed by atoms with van der Waals surface area (Å²) in [6, 6.07) is 10.4. The maximum atomic E-state index is 12.4. The number of methoxy groups -OCH3 is 2. The van der Waals surface area contributed by atoms with Gasteiger partial charge in [-0.1, -0.05) is 11.3 Å². The van der Waals surface area contributed by atoms with Gasteiger partial charge in [-0.3, -0.25) is 10.1 Å². The number of thiazole rings is 1. The van der Waals surface area contributed by atoms with Gasteiger partial charge in [0.15, 0.2) is 16.6 Å².